The number of ether oxygens (including phenoxy) is 1. The van der Waals surface area contributed by atoms with Crippen LogP contribution < -0.4 is 15.4 Å². The van der Waals surface area contributed by atoms with Gasteiger partial charge in [0.2, 0.25) is 17.6 Å². The summed E-state index contributed by atoms with van der Waals surface area (Å²) in [6.07, 6.45) is 1.81. The number of likely N-dealkylation sites (tertiary alicyclic amines) is 1. The van der Waals surface area contributed by atoms with E-state index in [9.17, 15) is 18.4 Å². The Morgan fingerprint density at radius 2 is 2.03 bits per heavy atom. The van der Waals surface area contributed by atoms with Crippen LogP contribution in [0.2, 0.25) is 0 Å². The highest BCUT2D eigenvalue weighted by molar-refractivity contribution is 5.88. The second-order valence-electron chi connectivity index (χ2n) is 8.50. The van der Waals surface area contributed by atoms with E-state index < -0.39 is 11.7 Å². The van der Waals surface area contributed by atoms with Crippen molar-refractivity contribution in [3.8, 4) is 5.75 Å². The summed E-state index contributed by atoms with van der Waals surface area (Å²) in [4.78, 5) is 37.3. The normalized spacial score (nSPS) is 16.3. The first kappa shape index (κ1) is 24.3. The van der Waals surface area contributed by atoms with Crippen LogP contribution in [0, 0.1) is 12.8 Å². The van der Waals surface area contributed by atoms with Crippen molar-refractivity contribution in [1.82, 2.24) is 19.9 Å². The summed E-state index contributed by atoms with van der Waals surface area (Å²) < 4.78 is 33.5. The number of aryl methyl sites for hydroxylation is 1. The van der Waals surface area contributed by atoms with E-state index in [1.807, 2.05) is 13.8 Å². The maximum absolute atomic E-state index is 13.8. The van der Waals surface area contributed by atoms with Crippen LogP contribution in [0.25, 0.3) is 0 Å². The third-order valence-electron chi connectivity index (χ3n) is 5.02. The van der Waals surface area contributed by atoms with Gasteiger partial charge in [-0.05, 0) is 20.8 Å². The molecule has 3 heterocycles. The van der Waals surface area contributed by atoms with Gasteiger partial charge in [-0.15, -0.1) is 0 Å². The fraction of sp³-hybridized carbons (Fsp3) is 0.500. The number of aromatic nitrogens is 3. The van der Waals surface area contributed by atoms with E-state index in [2.05, 4.69) is 25.6 Å². The average Bonchev–Trinajstić information content (AvgIpc) is 3.07. The molecule has 0 radical (unpaired) electrons. The maximum Gasteiger partial charge on any atom is 0.303 e. The molecule has 33 heavy (non-hydrogen) atoms. The predicted octanol–water partition coefficient (Wildman–Crippen LogP) is 3.63. The molecule has 0 saturated carbocycles. The van der Waals surface area contributed by atoms with E-state index >= 15 is 0 Å². The van der Waals surface area contributed by atoms with Crippen molar-refractivity contribution >= 4 is 29.1 Å². The van der Waals surface area contributed by atoms with Gasteiger partial charge in [0.15, 0.2) is 5.75 Å². The summed E-state index contributed by atoms with van der Waals surface area (Å²) in [6.45, 7) is 8.46. The minimum absolute atomic E-state index is 0.00875. The van der Waals surface area contributed by atoms with E-state index in [0.717, 1.165) is 6.92 Å². The van der Waals surface area contributed by atoms with E-state index in [1.165, 1.54) is 25.3 Å². The molecule has 178 valence electrons. The topological polar surface area (TPSA) is 109 Å². The zero-order valence-electron chi connectivity index (χ0n) is 19.3. The molecule has 0 spiro atoms. The number of anilines is 3. The largest absolute Gasteiger partial charge is 0.489 e. The lowest BCUT2D eigenvalue weighted by molar-refractivity contribution is -0.129. The maximum atomic E-state index is 13.8. The minimum atomic E-state index is -3.21. The van der Waals surface area contributed by atoms with Crippen molar-refractivity contribution < 1.29 is 23.1 Å². The molecule has 3 rings (SSSR count). The highest BCUT2D eigenvalue weighted by Crippen LogP contribution is 2.32. The Morgan fingerprint density at radius 1 is 1.30 bits per heavy atom. The van der Waals surface area contributed by atoms with Crippen LogP contribution >= 0.6 is 0 Å². The molecule has 1 saturated heterocycles. The number of alkyl halides is 2. The monoisotopic (exact) mass is 462 g/mol. The van der Waals surface area contributed by atoms with Crippen LogP contribution in [0.1, 0.15) is 45.6 Å². The zero-order chi connectivity index (χ0) is 24.3. The van der Waals surface area contributed by atoms with Gasteiger partial charge in [0.05, 0.1) is 18.5 Å². The Balaban J connectivity index is 1.84. The molecule has 0 unspecified atom stereocenters. The van der Waals surface area contributed by atoms with Crippen molar-refractivity contribution in [3.63, 3.8) is 0 Å². The predicted molar refractivity (Wildman–Crippen MR) is 119 cm³/mol. The number of pyridine rings is 1. The summed E-state index contributed by atoms with van der Waals surface area (Å²) in [6, 6.07) is 3.16. The summed E-state index contributed by atoms with van der Waals surface area (Å²) >= 11 is 0. The third kappa shape index (κ3) is 6.33. The first-order valence-corrected chi connectivity index (χ1v) is 10.6. The first-order chi connectivity index (χ1) is 15.4. The Kier molecular flexibility index (Phi) is 7.09. The van der Waals surface area contributed by atoms with Gasteiger partial charge in [-0.25, -0.2) is 15.0 Å². The number of hydrogen-bond donors (Lipinski definition) is 2. The summed E-state index contributed by atoms with van der Waals surface area (Å²) in [7, 11) is 0. The van der Waals surface area contributed by atoms with Gasteiger partial charge in [-0.3, -0.25) is 9.59 Å². The Hall–Kier alpha value is -3.37. The molecular weight excluding hydrogens is 434 g/mol. The molecule has 2 aromatic heterocycles. The summed E-state index contributed by atoms with van der Waals surface area (Å²) in [5, 5.41) is 5.55. The van der Waals surface area contributed by atoms with Crippen LogP contribution in [0.4, 0.5) is 26.1 Å². The smallest absolute Gasteiger partial charge is 0.303 e. The fourth-order valence-electron chi connectivity index (χ4n) is 3.50. The zero-order valence-corrected chi connectivity index (χ0v) is 19.3. The second-order valence-corrected chi connectivity index (χ2v) is 8.50. The Labute approximate surface area is 191 Å². The number of nitrogens with zero attached hydrogens (tertiary/aromatic N) is 4. The van der Waals surface area contributed by atoms with Gasteiger partial charge < -0.3 is 20.3 Å². The van der Waals surface area contributed by atoms with Gasteiger partial charge in [0.1, 0.15) is 11.6 Å². The number of nitrogens with one attached hydrogen (secondary N) is 2. The number of rotatable bonds is 8. The molecule has 1 aliphatic rings. The minimum Gasteiger partial charge on any atom is -0.489 e. The molecule has 9 nitrogen and oxygen atoms in total. The molecule has 2 amide bonds. The second kappa shape index (κ2) is 9.63. The standard InChI is InChI=1S/C22H28F2N6O3/c1-12(2)30-10-15(7-20(30)32)11-33-17-9-25-18(27-14(4)31)8-16(17)28-19-6-13(3)26-21(29-19)22(5,23)24/h6,8-9,12,15H,7,10-11H2,1-5H3,(H2,25,26,27,28,29,31)/t15-/m0/s1. The van der Waals surface area contributed by atoms with Crippen molar-refractivity contribution in [2.75, 3.05) is 23.8 Å². The molecular formula is C22H28F2N6O3. The third-order valence-corrected chi connectivity index (χ3v) is 5.02. The SMILES string of the molecule is CC(=O)Nc1cc(Nc2cc(C)nc(C(C)(F)F)n2)c(OC[C@H]2CC(=O)N(C(C)C)C2)cn1. The van der Waals surface area contributed by atoms with E-state index in [1.54, 1.807) is 11.8 Å². The first-order valence-electron chi connectivity index (χ1n) is 10.6. The highest BCUT2D eigenvalue weighted by atomic mass is 19.3. The summed E-state index contributed by atoms with van der Waals surface area (Å²) in [5.74, 6) is -3.31. The lowest BCUT2D eigenvalue weighted by atomic mass is 10.1. The lowest BCUT2D eigenvalue weighted by Gasteiger charge is -2.21. The van der Waals surface area contributed by atoms with Crippen LogP contribution in [0.15, 0.2) is 18.3 Å². The van der Waals surface area contributed by atoms with E-state index in [-0.39, 0.29) is 42.0 Å². The molecule has 0 aromatic carbocycles. The molecule has 0 bridgehead atoms. The van der Waals surface area contributed by atoms with Crippen LogP contribution in [-0.4, -0.2) is 50.9 Å². The van der Waals surface area contributed by atoms with Crippen molar-refractivity contribution in [2.45, 2.75) is 53.0 Å². The molecule has 11 heteroatoms. The number of carbonyl (C=O) groups is 2. The lowest BCUT2D eigenvalue weighted by Crippen LogP contribution is -2.32. The van der Waals surface area contributed by atoms with Crippen molar-refractivity contribution in [2.24, 2.45) is 5.92 Å². The number of hydrogen-bond acceptors (Lipinski definition) is 7. The number of amides is 2. The molecule has 1 fully saturated rings. The van der Waals surface area contributed by atoms with E-state index in [0.29, 0.717) is 30.1 Å². The van der Waals surface area contributed by atoms with Crippen molar-refractivity contribution in [3.05, 3.63) is 29.8 Å². The van der Waals surface area contributed by atoms with Gasteiger partial charge >= 0.3 is 5.92 Å². The van der Waals surface area contributed by atoms with E-state index in [4.69, 9.17) is 4.74 Å². The fourth-order valence-corrected chi connectivity index (χ4v) is 3.50. The quantitative estimate of drug-likeness (QED) is 0.617. The number of carbonyl (C=O) groups excluding carboxylic acids is 2. The van der Waals surface area contributed by atoms with Gasteiger partial charge in [-0.2, -0.15) is 8.78 Å². The Morgan fingerprint density at radius 3 is 2.64 bits per heavy atom. The van der Waals surface area contributed by atoms with Gasteiger partial charge in [0, 0.05) is 56.6 Å². The van der Waals surface area contributed by atoms with Gasteiger partial charge in [0.25, 0.3) is 0 Å². The summed E-state index contributed by atoms with van der Waals surface area (Å²) in [5.41, 5.74) is 0.739. The molecule has 1 atom stereocenters. The Bertz CT molecular complexity index is 1040. The van der Waals surface area contributed by atoms with Gasteiger partial charge in [-0.1, -0.05) is 0 Å². The van der Waals surface area contributed by atoms with Crippen LogP contribution in [-0.2, 0) is 15.5 Å². The van der Waals surface area contributed by atoms with Crippen molar-refractivity contribution in [1.29, 1.82) is 0 Å². The van der Waals surface area contributed by atoms with Crippen LogP contribution in [0.3, 0.4) is 0 Å². The average molecular weight is 463 g/mol. The molecule has 0 aliphatic carbocycles. The molecule has 2 aromatic rings. The molecule has 1 aliphatic heterocycles. The highest BCUT2D eigenvalue weighted by Gasteiger charge is 2.32. The molecule has 2 N–H and O–H groups in total. The van der Waals surface area contributed by atoms with Crippen LogP contribution in [0.5, 0.6) is 5.75 Å². The number of halogens is 2.